The van der Waals surface area contributed by atoms with Crippen molar-refractivity contribution in [2.45, 2.75) is 33.2 Å². The summed E-state index contributed by atoms with van der Waals surface area (Å²) in [7, 11) is 0. The van der Waals surface area contributed by atoms with Crippen LogP contribution < -0.4 is 4.74 Å². The SMILES string of the molecule is CCOC(COc1ccc([C@@H](C)O)cc1F)OCC. The van der Waals surface area contributed by atoms with Crippen LogP contribution in [0.25, 0.3) is 0 Å². The maximum atomic E-state index is 13.7. The predicted octanol–water partition coefficient (Wildman–Crippen LogP) is 2.66. The molecule has 0 bridgehead atoms. The van der Waals surface area contributed by atoms with Gasteiger partial charge in [-0.05, 0) is 38.5 Å². The van der Waals surface area contributed by atoms with Gasteiger partial charge in [-0.25, -0.2) is 4.39 Å². The van der Waals surface area contributed by atoms with E-state index in [-0.39, 0.29) is 12.4 Å². The molecule has 0 saturated heterocycles. The van der Waals surface area contributed by atoms with E-state index >= 15 is 0 Å². The molecular formula is C14H21FO4. The van der Waals surface area contributed by atoms with Crippen LogP contribution in [0.5, 0.6) is 5.75 Å². The van der Waals surface area contributed by atoms with E-state index in [9.17, 15) is 9.50 Å². The number of aliphatic hydroxyl groups is 1. The van der Waals surface area contributed by atoms with Crippen LogP contribution in [0.15, 0.2) is 18.2 Å². The number of halogens is 1. The average Bonchev–Trinajstić information content (AvgIpc) is 2.37. The molecule has 1 aromatic carbocycles. The maximum Gasteiger partial charge on any atom is 0.191 e. The molecule has 1 aromatic rings. The highest BCUT2D eigenvalue weighted by atomic mass is 19.1. The van der Waals surface area contributed by atoms with Crippen molar-refractivity contribution in [3.8, 4) is 5.75 Å². The third-order valence-corrected chi connectivity index (χ3v) is 2.52. The number of rotatable bonds is 8. The zero-order valence-electron chi connectivity index (χ0n) is 11.6. The van der Waals surface area contributed by atoms with Gasteiger partial charge < -0.3 is 19.3 Å². The van der Waals surface area contributed by atoms with Crippen molar-refractivity contribution in [1.29, 1.82) is 0 Å². The summed E-state index contributed by atoms with van der Waals surface area (Å²) in [5.74, 6) is -0.390. The Balaban J connectivity index is 2.61. The van der Waals surface area contributed by atoms with Crippen LogP contribution in [0.1, 0.15) is 32.4 Å². The number of ether oxygens (including phenoxy) is 3. The quantitative estimate of drug-likeness (QED) is 0.739. The minimum absolute atomic E-state index is 0.118. The van der Waals surface area contributed by atoms with Crippen LogP contribution in [-0.4, -0.2) is 31.2 Å². The first-order chi connectivity index (χ1) is 9.08. The van der Waals surface area contributed by atoms with E-state index in [1.54, 1.807) is 13.0 Å². The molecule has 4 nitrogen and oxygen atoms in total. The largest absolute Gasteiger partial charge is 0.485 e. The summed E-state index contributed by atoms with van der Waals surface area (Å²) < 4.78 is 29.6. The highest BCUT2D eigenvalue weighted by molar-refractivity contribution is 5.30. The van der Waals surface area contributed by atoms with E-state index < -0.39 is 18.2 Å². The Labute approximate surface area is 113 Å². The van der Waals surface area contributed by atoms with E-state index in [2.05, 4.69) is 0 Å². The first-order valence-corrected chi connectivity index (χ1v) is 6.42. The van der Waals surface area contributed by atoms with Crippen LogP contribution in [-0.2, 0) is 9.47 Å². The zero-order valence-corrected chi connectivity index (χ0v) is 11.6. The summed E-state index contributed by atoms with van der Waals surface area (Å²) in [6.45, 7) is 6.39. The molecule has 0 saturated carbocycles. The Morgan fingerprint density at radius 2 is 1.84 bits per heavy atom. The van der Waals surface area contributed by atoms with Crippen LogP contribution >= 0.6 is 0 Å². The van der Waals surface area contributed by atoms with Crippen molar-refractivity contribution in [1.82, 2.24) is 0 Å². The molecule has 0 aromatic heterocycles. The minimum atomic E-state index is -0.705. The van der Waals surface area contributed by atoms with Gasteiger partial charge in [-0.2, -0.15) is 0 Å². The van der Waals surface area contributed by atoms with Gasteiger partial charge in [-0.15, -0.1) is 0 Å². The van der Waals surface area contributed by atoms with Gasteiger partial charge in [0.15, 0.2) is 17.9 Å². The predicted molar refractivity (Wildman–Crippen MR) is 69.6 cm³/mol. The third-order valence-electron chi connectivity index (χ3n) is 2.52. The third kappa shape index (κ3) is 5.14. The van der Waals surface area contributed by atoms with Crippen LogP contribution in [0.3, 0.4) is 0 Å². The molecule has 0 amide bonds. The average molecular weight is 272 g/mol. The molecule has 1 atom stereocenters. The molecule has 0 spiro atoms. The first-order valence-electron chi connectivity index (χ1n) is 6.42. The lowest BCUT2D eigenvalue weighted by Crippen LogP contribution is -2.25. The first kappa shape index (κ1) is 15.9. The summed E-state index contributed by atoms with van der Waals surface area (Å²) in [4.78, 5) is 0. The van der Waals surface area contributed by atoms with E-state index in [1.165, 1.54) is 12.1 Å². The molecule has 0 heterocycles. The van der Waals surface area contributed by atoms with Gasteiger partial charge in [0.05, 0.1) is 6.10 Å². The molecule has 1 rings (SSSR count). The van der Waals surface area contributed by atoms with Crippen molar-refractivity contribution < 1.29 is 23.7 Å². The number of hydrogen-bond acceptors (Lipinski definition) is 4. The van der Waals surface area contributed by atoms with Crippen LogP contribution in [0, 0.1) is 5.82 Å². The van der Waals surface area contributed by atoms with E-state index in [4.69, 9.17) is 14.2 Å². The second kappa shape index (κ2) is 8.09. The fourth-order valence-electron chi connectivity index (χ4n) is 1.57. The highest BCUT2D eigenvalue weighted by Gasteiger charge is 2.12. The zero-order chi connectivity index (χ0) is 14.3. The second-order valence-electron chi connectivity index (χ2n) is 4.02. The standard InChI is InChI=1S/C14H21FO4/c1-4-17-14(18-5-2)9-19-13-7-6-11(10(3)16)8-12(13)15/h6-8,10,14,16H,4-5,9H2,1-3H3/t10-/m1/s1. The van der Waals surface area contributed by atoms with Crippen LogP contribution in [0.4, 0.5) is 4.39 Å². The van der Waals surface area contributed by atoms with Crippen molar-refractivity contribution in [2.75, 3.05) is 19.8 Å². The fraction of sp³-hybridized carbons (Fsp3) is 0.571. The van der Waals surface area contributed by atoms with Crippen molar-refractivity contribution in [2.24, 2.45) is 0 Å². The fourth-order valence-corrected chi connectivity index (χ4v) is 1.57. The van der Waals surface area contributed by atoms with Crippen LogP contribution in [0.2, 0.25) is 0 Å². The molecule has 0 aliphatic heterocycles. The Hall–Kier alpha value is -1.17. The molecule has 19 heavy (non-hydrogen) atoms. The Kier molecular flexibility index (Phi) is 6.77. The van der Waals surface area contributed by atoms with E-state index in [0.29, 0.717) is 18.8 Å². The summed E-state index contributed by atoms with van der Waals surface area (Å²) in [5.41, 5.74) is 0.510. The lowest BCUT2D eigenvalue weighted by atomic mass is 10.1. The molecule has 1 N–H and O–H groups in total. The number of aliphatic hydroxyl groups excluding tert-OH is 1. The Bertz CT molecular complexity index is 376. The normalized spacial score (nSPS) is 12.7. The van der Waals surface area contributed by atoms with Gasteiger partial charge in [-0.3, -0.25) is 0 Å². The van der Waals surface area contributed by atoms with Gasteiger partial charge in [-0.1, -0.05) is 6.07 Å². The van der Waals surface area contributed by atoms with Crippen molar-refractivity contribution in [3.05, 3.63) is 29.6 Å². The summed E-state index contributed by atoms with van der Waals surface area (Å²) in [5, 5.41) is 9.35. The molecule has 108 valence electrons. The van der Waals surface area contributed by atoms with Gasteiger partial charge in [0.1, 0.15) is 6.61 Å². The lowest BCUT2D eigenvalue weighted by molar-refractivity contribution is -0.152. The molecular weight excluding hydrogens is 251 g/mol. The smallest absolute Gasteiger partial charge is 0.191 e. The summed E-state index contributed by atoms with van der Waals surface area (Å²) >= 11 is 0. The molecule has 5 heteroatoms. The highest BCUT2D eigenvalue weighted by Crippen LogP contribution is 2.22. The van der Waals surface area contributed by atoms with Crippen molar-refractivity contribution in [3.63, 3.8) is 0 Å². The van der Waals surface area contributed by atoms with E-state index in [0.717, 1.165) is 0 Å². The topological polar surface area (TPSA) is 47.9 Å². The lowest BCUT2D eigenvalue weighted by Gasteiger charge is -2.18. The summed E-state index contributed by atoms with van der Waals surface area (Å²) in [6, 6.07) is 4.38. The van der Waals surface area contributed by atoms with Gasteiger partial charge >= 0.3 is 0 Å². The molecule has 0 aliphatic carbocycles. The molecule has 0 aliphatic rings. The molecule has 0 radical (unpaired) electrons. The molecule has 0 fully saturated rings. The minimum Gasteiger partial charge on any atom is -0.485 e. The maximum absolute atomic E-state index is 13.7. The van der Waals surface area contributed by atoms with Gasteiger partial charge in [0.2, 0.25) is 0 Å². The Morgan fingerprint density at radius 3 is 2.32 bits per heavy atom. The molecule has 0 unspecified atom stereocenters. The van der Waals surface area contributed by atoms with Crippen molar-refractivity contribution >= 4 is 0 Å². The number of benzene rings is 1. The monoisotopic (exact) mass is 272 g/mol. The van der Waals surface area contributed by atoms with E-state index in [1.807, 2.05) is 13.8 Å². The summed E-state index contributed by atoms with van der Waals surface area (Å²) in [6.07, 6.45) is -1.21. The number of hydrogen-bond donors (Lipinski definition) is 1. The van der Waals surface area contributed by atoms with Gasteiger partial charge in [0.25, 0.3) is 0 Å². The second-order valence-corrected chi connectivity index (χ2v) is 4.02. The Morgan fingerprint density at radius 1 is 1.21 bits per heavy atom. The van der Waals surface area contributed by atoms with Gasteiger partial charge in [0, 0.05) is 13.2 Å².